The summed E-state index contributed by atoms with van der Waals surface area (Å²) in [6.07, 6.45) is 3.32. The highest BCUT2D eigenvalue weighted by Crippen LogP contribution is 2.24. The lowest BCUT2D eigenvalue weighted by Gasteiger charge is -2.13. The van der Waals surface area contributed by atoms with E-state index in [9.17, 15) is 0 Å². The van der Waals surface area contributed by atoms with Crippen molar-refractivity contribution in [2.75, 3.05) is 6.61 Å². The van der Waals surface area contributed by atoms with Crippen molar-refractivity contribution in [2.24, 2.45) is 0 Å². The minimum absolute atomic E-state index is 0.705. The summed E-state index contributed by atoms with van der Waals surface area (Å²) in [6, 6.07) is 4.37. The van der Waals surface area contributed by atoms with Crippen molar-refractivity contribution in [2.45, 2.75) is 39.9 Å². The van der Waals surface area contributed by atoms with Gasteiger partial charge in [-0.25, -0.2) is 0 Å². The van der Waals surface area contributed by atoms with Crippen LogP contribution in [0.3, 0.4) is 0 Å². The molecule has 0 saturated heterocycles. The van der Waals surface area contributed by atoms with Crippen molar-refractivity contribution in [1.29, 1.82) is 0 Å². The topological polar surface area (TPSA) is 9.23 Å². The Morgan fingerprint density at radius 1 is 1.25 bits per heavy atom. The van der Waals surface area contributed by atoms with Crippen LogP contribution in [0.15, 0.2) is 16.6 Å². The minimum atomic E-state index is 0.705. The summed E-state index contributed by atoms with van der Waals surface area (Å²) in [4.78, 5) is 0. The fourth-order valence-electron chi connectivity index (χ4n) is 1.63. The first kappa shape index (κ1) is 13.6. The maximum atomic E-state index is 5.69. The lowest BCUT2D eigenvalue weighted by molar-refractivity contribution is 0.341. The van der Waals surface area contributed by atoms with Gasteiger partial charge in [0, 0.05) is 0 Å². The molecule has 0 amide bonds. The van der Waals surface area contributed by atoms with Crippen LogP contribution < -0.4 is 10.2 Å². The predicted molar refractivity (Wildman–Crippen MR) is 75.2 cm³/mol. The van der Waals surface area contributed by atoms with Crippen molar-refractivity contribution in [1.82, 2.24) is 0 Å². The summed E-state index contributed by atoms with van der Waals surface area (Å²) in [5.74, 6) is 0.980. The lowest BCUT2D eigenvalue weighted by atomic mass is 9.65. The van der Waals surface area contributed by atoms with E-state index in [1.54, 1.807) is 0 Å². The van der Waals surface area contributed by atoms with E-state index in [2.05, 4.69) is 49.2 Å². The van der Waals surface area contributed by atoms with Crippen LogP contribution in [-0.2, 0) is 6.42 Å². The summed E-state index contributed by atoms with van der Waals surface area (Å²) < 4.78 is 6.75. The van der Waals surface area contributed by atoms with Crippen LogP contribution in [-0.4, -0.2) is 13.9 Å². The predicted octanol–water partition coefficient (Wildman–Crippen LogP) is 3.57. The molecule has 16 heavy (non-hydrogen) atoms. The van der Waals surface area contributed by atoms with E-state index in [4.69, 9.17) is 4.74 Å². The van der Waals surface area contributed by atoms with E-state index in [0.717, 1.165) is 23.0 Å². The van der Waals surface area contributed by atoms with Crippen molar-refractivity contribution in [3.05, 3.63) is 22.2 Å². The van der Waals surface area contributed by atoms with Gasteiger partial charge in [-0.05, 0) is 46.4 Å². The third-order valence-electron chi connectivity index (χ3n) is 2.48. The number of hydrogen-bond acceptors (Lipinski definition) is 1. The highest BCUT2D eigenvalue weighted by atomic mass is 79.9. The van der Waals surface area contributed by atoms with Crippen LogP contribution in [0.2, 0.25) is 6.32 Å². The summed E-state index contributed by atoms with van der Waals surface area (Å²) >= 11 is 3.59. The highest BCUT2D eigenvalue weighted by molar-refractivity contribution is 9.10. The summed E-state index contributed by atoms with van der Waals surface area (Å²) in [5.41, 5.74) is 2.56. The van der Waals surface area contributed by atoms with Crippen LogP contribution in [0.5, 0.6) is 5.75 Å². The zero-order valence-corrected chi connectivity index (χ0v) is 11.9. The third-order valence-corrected chi connectivity index (χ3v) is 3.07. The molecule has 3 heteroatoms. The Bertz CT molecular complexity index is 339. The molecular weight excluding hydrogens is 263 g/mol. The molecular formula is C13H19BBrO. The second-order valence-electron chi connectivity index (χ2n) is 3.78. The smallest absolute Gasteiger partial charge is 0.156 e. The average Bonchev–Trinajstić information content (AvgIpc) is 2.29. The zero-order valence-electron chi connectivity index (χ0n) is 10.3. The van der Waals surface area contributed by atoms with E-state index in [1.807, 2.05) is 6.92 Å². The molecule has 1 aromatic rings. The molecule has 1 aromatic carbocycles. The quantitative estimate of drug-likeness (QED) is 0.725. The molecule has 1 radical (unpaired) electrons. The Balaban J connectivity index is 3.02. The van der Waals surface area contributed by atoms with E-state index >= 15 is 0 Å². The van der Waals surface area contributed by atoms with Gasteiger partial charge >= 0.3 is 0 Å². The Morgan fingerprint density at radius 3 is 2.56 bits per heavy atom. The van der Waals surface area contributed by atoms with Gasteiger partial charge in [0.25, 0.3) is 0 Å². The molecule has 0 atom stereocenters. The number of benzene rings is 1. The molecule has 0 saturated carbocycles. The van der Waals surface area contributed by atoms with Gasteiger partial charge in [0.1, 0.15) is 5.75 Å². The molecule has 0 heterocycles. The standard InChI is InChI=1S/C13H19BBrO/c1-4-7-14-11-8-10(5-2)9-12(15)13(11)16-6-3/h8-9H,4-7H2,1-3H3. The molecule has 0 unspecified atom stereocenters. The second kappa shape index (κ2) is 7.00. The summed E-state index contributed by atoms with van der Waals surface area (Å²) in [6.45, 7) is 7.09. The number of hydrogen-bond donors (Lipinski definition) is 0. The van der Waals surface area contributed by atoms with Crippen LogP contribution in [0, 0.1) is 0 Å². The molecule has 0 bridgehead atoms. The summed E-state index contributed by atoms with van der Waals surface area (Å²) in [5, 5.41) is 0. The average molecular weight is 282 g/mol. The van der Waals surface area contributed by atoms with Gasteiger partial charge in [0.05, 0.1) is 11.1 Å². The van der Waals surface area contributed by atoms with E-state index in [0.29, 0.717) is 6.61 Å². The molecule has 0 aliphatic heterocycles. The molecule has 87 valence electrons. The van der Waals surface area contributed by atoms with Crippen LogP contribution in [0.25, 0.3) is 0 Å². The highest BCUT2D eigenvalue weighted by Gasteiger charge is 2.10. The number of ether oxygens (including phenoxy) is 1. The van der Waals surface area contributed by atoms with Gasteiger partial charge in [0.15, 0.2) is 7.28 Å². The van der Waals surface area contributed by atoms with E-state index in [1.165, 1.54) is 17.4 Å². The SMILES string of the molecule is CCC[B]c1cc(CC)cc(Br)c1OCC. The molecule has 0 spiro atoms. The zero-order chi connectivity index (χ0) is 12.0. The number of halogens is 1. The Labute approximate surface area is 108 Å². The van der Waals surface area contributed by atoms with Gasteiger partial charge in [0.2, 0.25) is 0 Å². The van der Waals surface area contributed by atoms with Crippen LogP contribution >= 0.6 is 15.9 Å². The first-order valence-electron chi connectivity index (χ1n) is 6.01. The molecule has 1 rings (SSSR count). The Hall–Kier alpha value is -0.435. The van der Waals surface area contributed by atoms with Gasteiger partial charge < -0.3 is 4.74 Å². The molecule has 0 N–H and O–H groups in total. The molecule has 0 aliphatic rings. The number of aryl methyl sites for hydroxylation is 1. The van der Waals surface area contributed by atoms with Crippen LogP contribution in [0.1, 0.15) is 32.8 Å². The fourth-order valence-corrected chi connectivity index (χ4v) is 2.26. The molecule has 0 fully saturated rings. The largest absolute Gasteiger partial charge is 0.493 e. The van der Waals surface area contributed by atoms with Gasteiger partial charge in [-0.1, -0.05) is 32.7 Å². The molecule has 0 aliphatic carbocycles. The van der Waals surface area contributed by atoms with Gasteiger partial charge in [-0.15, -0.1) is 0 Å². The second-order valence-corrected chi connectivity index (χ2v) is 4.63. The third kappa shape index (κ3) is 3.55. The van der Waals surface area contributed by atoms with Crippen molar-refractivity contribution >= 4 is 28.7 Å². The number of rotatable bonds is 6. The molecule has 0 aromatic heterocycles. The normalized spacial score (nSPS) is 10.2. The first-order valence-corrected chi connectivity index (χ1v) is 6.80. The van der Waals surface area contributed by atoms with E-state index in [-0.39, 0.29) is 0 Å². The lowest BCUT2D eigenvalue weighted by Crippen LogP contribution is -2.18. The van der Waals surface area contributed by atoms with Crippen molar-refractivity contribution in [3.63, 3.8) is 0 Å². The minimum Gasteiger partial charge on any atom is -0.493 e. The van der Waals surface area contributed by atoms with Crippen molar-refractivity contribution in [3.8, 4) is 5.75 Å². The molecule has 1 nitrogen and oxygen atoms in total. The fraction of sp³-hybridized carbons (Fsp3) is 0.538. The summed E-state index contributed by atoms with van der Waals surface area (Å²) in [7, 11) is 2.26. The monoisotopic (exact) mass is 281 g/mol. The van der Waals surface area contributed by atoms with Gasteiger partial charge in [-0.2, -0.15) is 0 Å². The Kier molecular flexibility index (Phi) is 5.96. The van der Waals surface area contributed by atoms with E-state index < -0.39 is 0 Å². The first-order chi connectivity index (χ1) is 7.72. The maximum Gasteiger partial charge on any atom is 0.156 e. The van der Waals surface area contributed by atoms with Crippen LogP contribution in [0.4, 0.5) is 0 Å². The Morgan fingerprint density at radius 2 is 2.00 bits per heavy atom. The van der Waals surface area contributed by atoms with Crippen molar-refractivity contribution < 1.29 is 4.74 Å². The van der Waals surface area contributed by atoms with Gasteiger partial charge in [-0.3, -0.25) is 0 Å². The maximum absolute atomic E-state index is 5.69.